The van der Waals surface area contributed by atoms with Crippen LogP contribution in [0.25, 0.3) is 0 Å². The molecule has 132 valence electrons. The second-order valence-electron chi connectivity index (χ2n) is 6.25. The van der Waals surface area contributed by atoms with E-state index in [0.29, 0.717) is 30.2 Å². The van der Waals surface area contributed by atoms with Gasteiger partial charge in [-0.1, -0.05) is 18.0 Å². The molecule has 0 aliphatic carbocycles. The smallest absolute Gasteiger partial charge is 0.247 e. The van der Waals surface area contributed by atoms with E-state index in [1.807, 2.05) is 19.9 Å². The molecule has 1 saturated heterocycles. The fourth-order valence-electron chi connectivity index (χ4n) is 3.34. The van der Waals surface area contributed by atoms with Crippen molar-refractivity contribution >= 4 is 10.0 Å². The topological polar surface area (TPSA) is 81.2 Å². The van der Waals surface area contributed by atoms with Crippen LogP contribution in [0.15, 0.2) is 21.7 Å². The van der Waals surface area contributed by atoms with Gasteiger partial charge in [-0.05, 0) is 33.6 Å². The molecule has 24 heavy (non-hydrogen) atoms. The van der Waals surface area contributed by atoms with Crippen molar-refractivity contribution in [2.75, 3.05) is 6.54 Å². The summed E-state index contributed by atoms with van der Waals surface area (Å²) in [4.78, 5) is 0.288. The summed E-state index contributed by atoms with van der Waals surface area (Å²) in [5.74, 6) is 0.696. The normalized spacial score (nSPS) is 20.2. The van der Waals surface area contributed by atoms with Gasteiger partial charge in [-0.15, -0.1) is 0 Å². The van der Waals surface area contributed by atoms with Crippen molar-refractivity contribution in [1.29, 1.82) is 0 Å². The third-order valence-corrected chi connectivity index (χ3v) is 6.65. The second-order valence-corrected chi connectivity index (χ2v) is 8.11. The molecule has 0 radical (unpaired) electrons. The van der Waals surface area contributed by atoms with Crippen molar-refractivity contribution in [3.05, 3.63) is 29.4 Å². The van der Waals surface area contributed by atoms with Crippen molar-refractivity contribution in [2.24, 2.45) is 0 Å². The summed E-state index contributed by atoms with van der Waals surface area (Å²) in [6.07, 6.45) is 5.08. The Morgan fingerprint density at radius 2 is 2.08 bits per heavy atom. The van der Waals surface area contributed by atoms with Crippen LogP contribution in [-0.4, -0.2) is 34.2 Å². The lowest BCUT2D eigenvalue weighted by Gasteiger charge is -2.27. The molecule has 2 aromatic rings. The highest BCUT2D eigenvalue weighted by atomic mass is 32.2. The minimum atomic E-state index is -3.63. The van der Waals surface area contributed by atoms with Gasteiger partial charge in [0.15, 0.2) is 0 Å². The maximum absolute atomic E-state index is 13.3. The van der Waals surface area contributed by atoms with Gasteiger partial charge in [0, 0.05) is 19.2 Å². The van der Waals surface area contributed by atoms with E-state index in [1.165, 1.54) is 6.20 Å². The fraction of sp³-hybridized carbons (Fsp3) is 0.625. The quantitative estimate of drug-likeness (QED) is 0.845. The minimum absolute atomic E-state index is 0.278. The van der Waals surface area contributed by atoms with E-state index in [1.54, 1.807) is 15.9 Å². The summed E-state index contributed by atoms with van der Waals surface area (Å²) in [6.45, 7) is 6.71. The number of nitrogens with zero attached hydrogens (tertiary/aromatic N) is 4. The third-order valence-electron chi connectivity index (χ3n) is 4.64. The first-order valence-corrected chi connectivity index (χ1v) is 9.86. The Bertz CT molecular complexity index is 809. The van der Waals surface area contributed by atoms with Gasteiger partial charge in [-0.3, -0.25) is 4.68 Å². The van der Waals surface area contributed by atoms with E-state index < -0.39 is 10.0 Å². The highest BCUT2D eigenvalue weighted by Gasteiger charge is 2.36. The van der Waals surface area contributed by atoms with Crippen LogP contribution in [0, 0.1) is 13.8 Å². The summed E-state index contributed by atoms with van der Waals surface area (Å²) in [7, 11) is -3.63. The molecule has 7 nitrogen and oxygen atoms in total. The molecule has 0 saturated carbocycles. The molecule has 1 atom stereocenters. The molecule has 0 unspecified atom stereocenters. The molecule has 3 heterocycles. The molecule has 3 rings (SSSR count). The van der Waals surface area contributed by atoms with Crippen molar-refractivity contribution in [3.8, 4) is 0 Å². The Morgan fingerprint density at radius 1 is 1.29 bits per heavy atom. The zero-order valence-corrected chi connectivity index (χ0v) is 15.2. The number of aryl methyl sites for hydroxylation is 2. The van der Waals surface area contributed by atoms with E-state index in [0.717, 1.165) is 25.7 Å². The van der Waals surface area contributed by atoms with Crippen molar-refractivity contribution in [1.82, 2.24) is 19.2 Å². The maximum atomic E-state index is 13.3. The molecular formula is C16H24N4O3S. The standard InChI is InChI=1S/C16H24N4O3S/c1-4-19-13(3)16(11-17-19)24(21,22)20-9-7-5-6-8-15(20)14-10-12(2)23-18-14/h10-11,15H,4-9H2,1-3H3/t15-/m0/s1. The van der Waals surface area contributed by atoms with E-state index in [4.69, 9.17) is 4.52 Å². The molecule has 0 spiro atoms. The summed E-state index contributed by atoms with van der Waals surface area (Å²) in [5.41, 5.74) is 1.37. The summed E-state index contributed by atoms with van der Waals surface area (Å²) >= 11 is 0. The highest BCUT2D eigenvalue weighted by Crippen LogP contribution is 2.35. The molecule has 0 amide bonds. The van der Waals surface area contributed by atoms with E-state index in [9.17, 15) is 8.42 Å². The molecular weight excluding hydrogens is 328 g/mol. The molecule has 0 aromatic carbocycles. The summed E-state index contributed by atoms with van der Waals surface area (Å²) in [6, 6.07) is 1.56. The van der Waals surface area contributed by atoms with E-state index in [2.05, 4.69) is 10.3 Å². The molecule has 8 heteroatoms. The van der Waals surface area contributed by atoms with Crippen LogP contribution >= 0.6 is 0 Å². The average molecular weight is 352 g/mol. The van der Waals surface area contributed by atoms with Crippen molar-refractivity contribution in [2.45, 2.75) is 63.9 Å². The molecule has 0 bridgehead atoms. The van der Waals surface area contributed by atoms with Crippen molar-refractivity contribution < 1.29 is 12.9 Å². The lowest BCUT2D eigenvalue weighted by molar-refractivity contribution is 0.304. The Morgan fingerprint density at radius 3 is 2.71 bits per heavy atom. The first kappa shape index (κ1) is 17.2. The van der Waals surface area contributed by atoms with Crippen LogP contribution in [-0.2, 0) is 16.6 Å². The van der Waals surface area contributed by atoms with Gasteiger partial charge < -0.3 is 4.52 Å². The van der Waals surface area contributed by atoms with Gasteiger partial charge in [0.05, 0.1) is 17.9 Å². The third kappa shape index (κ3) is 3.00. The number of rotatable bonds is 4. The predicted octanol–water partition coefficient (Wildman–Crippen LogP) is 2.81. The van der Waals surface area contributed by atoms with Gasteiger partial charge in [0.25, 0.3) is 0 Å². The van der Waals surface area contributed by atoms with Crippen molar-refractivity contribution in [3.63, 3.8) is 0 Å². The zero-order chi connectivity index (χ0) is 17.3. The van der Waals surface area contributed by atoms with Gasteiger partial charge in [-0.25, -0.2) is 8.42 Å². The number of aromatic nitrogens is 3. The average Bonchev–Trinajstić information content (AvgIpc) is 3.04. The molecule has 1 aliphatic rings. The first-order valence-electron chi connectivity index (χ1n) is 8.42. The van der Waals surface area contributed by atoms with Crippen LogP contribution in [0.1, 0.15) is 55.8 Å². The molecule has 2 aromatic heterocycles. The Balaban J connectivity index is 2.03. The van der Waals surface area contributed by atoms with Crippen LogP contribution in [0.4, 0.5) is 0 Å². The summed E-state index contributed by atoms with van der Waals surface area (Å²) < 4.78 is 35.1. The number of hydrogen-bond acceptors (Lipinski definition) is 5. The monoisotopic (exact) mass is 352 g/mol. The first-order chi connectivity index (χ1) is 11.4. The van der Waals surface area contributed by atoms with E-state index in [-0.39, 0.29) is 10.9 Å². The zero-order valence-electron chi connectivity index (χ0n) is 14.4. The summed E-state index contributed by atoms with van der Waals surface area (Å²) in [5, 5.41) is 8.28. The maximum Gasteiger partial charge on any atom is 0.247 e. The molecule has 1 fully saturated rings. The van der Waals surface area contributed by atoms with E-state index >= 15 is 0 Å². The highest BCUT2D eigenvalue weighted by molar-refractivity contribution is 7.89. The van der Waals surface area contributed by atoms with Gasteiger partial charge in [-0.2, -0.15) is 9.40 Å². The number of hydrogen-bond donors (Lipinski definition) is 0. The SMILES string of the molecule is CCn1ncc(S(=O)(=O)N2CCCCC[C@H]2c2cc(C)on2)c1C. The fourth-order valence-corrected chi connectivity index (χ4v) is 5.17. The lowest BCUT2D eigenvalue weighted by atomic mass is 10.1. The lowest BCUT2D eigenvalue weighted by Crippen LogP contribution is -2.35. The second kappa shape index (κ2) is 6.68. The minimum Gasteiger partial charge on any atom is -0.361 e. The van der Waals surface area contributed by atoms with Crippen LogP contribution < -0.4 is 0 Å². The largest absolute Gasteiger partial charge is 0.361 e. The van der Waals surface area contributed by atoms with Crippen LogP contribution in [0.5, 0.6) is 0 Å². The predicted molar refractivity (Wildman–Crippen MR) is 89.0 cm³/mol. The Kier molecular flexibility index (Phi) is 4.78. The number of sulfonamides is 1. The van der Waals surface area contributed by atoms with Gasteiger partial charge in [0.2, 0.25) is 10.0 Å². The van der Waals surface area contributed by atoms with Gasteiger partial charge >= 0.3 is 0 Å². The van der Waals surface area contributed by atoms with Gasteiger partial charge in [0.1, 0.15) is 16.3 Å². The Labute approximate surface area is 142 Å². The van der Waals surface area contributed by atoms with Crippen LogP contribution in [0.2, 0.25) is 0 Å². The Hall–Kier alpha value is -1.67. The molecule has 0 N–H and O–H groups in total. The van der Waals surface area contributed by atoms with Crippen LogP contribution in [0.3, 0.4) is 0 Å². The molecule has 1 aliphatic heterocycles.